The number of nitrogens with zero attached hydrogens (tertiary/aromatic N) is 4. The maximum absolute atomic E-state index is 13.0. The van der Waals surface area contributed by atoms with Gasteiger partial charge in [-0.3, -0.25) is 9.36 Å². The molecule has 0 unspecified atom stereocenters. The van der Waals surface area contributed by atoms with Gasteiger partial charge in [-0.1, -0.05) is 11.6 Å². The Hall–Kier alpha value is -4.19. The van der Waals surface area contributed by atoms with Crippen LogP contribution in [0, 0.1) is 0 Å². The van der Waals surface area contributed by atoms with Crippen LogP contribution in [0.15, 0.2) is 55.0 Å². The summed E-state index contributed by atoms with van der Waals surface area (Å²) in [6, 6.07) is 8.47. The highest BCUT2D eigenvalue weighted by atomic mass is 35.5. The van der Waals surface area contributed by atoms with Crippen LogP contribution in [0.2, 0.25) is 5.02 Å². The lowest BCUT2D eigenvalue weighted by atomic mass is 10.2. The first kappa shape index (κ1) is 22.0. The van der Waals surface area contributed by atoms with Crippen molar-refractivity contribution in [3.05, 3.63) is 71.4 Å². The molecule has 0 fully saturated rings. The predicted octanol–water partition coefficient (Wildman–Crippen LogP) is 4.23. The summed E-state index contributed by atoms with van der Waals surface area (Å²) in [6.07, 6.45) is -1.92. The Morgan fingerprint density at radius 3 is 2.36 bits per heavy atom. The largest absolute Gasteiger partial charge is 0.417 e. The second kappa shape index (κ2) is 8.39. The van der Waals surface area contributed by atoms with Crippen LogP contribution in [0.25, 0.3) is 16.9 Å². The second-order valence-electron chi connectivity index (χ2n) is 6.69. The zero-order valence-electron chi connectivity index (χ0n) is 16.4. The maximum Gasteiger partial charge on any atom is 0.417 e. The lowest BCUT2D eigenvalue weighted by molar-refractivity contribution is -0.137. The molecule has 13 heteroatoms. The Bertz CT molecular complexity index is 1370. The molecule has 0 spiro atoms. The van der Waals surface area contributed by atoms with Crippen LogP contribution in [0.5, 0.6) is 0 Å². The van der Waals surface area contributed by atoms with E-state index in [0.717, 1.165) is 12.1 Å². The first-order valence-electron chi connectivity index (χ1n) is 9.17. The Balaban J connectivity index is 1.54. The molecule has 4 aromatic rings. The predicted molar refractivity (Wildman–Crippen MR) is 114 cm³/mol. The molecule has 0 aliphatic rings. The summed E-state index contributed by atoms with van der Waals surface area (Å²) in [4.78, 5) is 36.1. The summed E-state index contributed by atoms with van der Waals surface area (Å²) in [7, 11) is 0. The summed E-state index contributed by atoms with van der Waals surface area (Å²) >= 11 is 5.58. The van der Waals surface area contributed by atoms with Crippen molar-refractivity contribution in [2.24, 2.45) is 5.73 Å². The standard InChI is InChI=1S/C20H13ClF3N7O2/c21-14-6-3-11(7-13(14)20(22,23)24)29-19(33)28-10-1-4-12(5-2-10)31-17-15(8-26-9-27-17)30-18(31)16(25)32/h1-9H,(H2,25,32)(H2,28,29,33). The molecule has 3 amide bonds. The Morgan fingerprint density at radius 1 is 1.03 bits per heavy atom. The van der Waals surface area contributed by atoms with Crippen molar-refractivity contribution in [3.8, 4) is 5.69 Å². The molecule has 0 bridgehead atoms. The number of primary amides is 1. The van der Waals surface area contributed by atoms with Crippen molar-refractivity contribution in [2.75, 3.05) is 10.6 Å². The molecule has 33 heavy (non-hydrogen) atoms. The Kier molecular flexibility index (Phi) is 5.60. The minimum atomic E-state index is -4.66. The number of halogens is 4. The minimum absolute atomic E-state index is 0.0489. The summed E-state index contributed by atoms with van der Waals surface area (Å²) in [6.45, 7) is 0. The summed E-state index contributed by atoms with van der Waals surface area (Å²) in [5, 5.41) is 4.35. The quantitative estimate of drug-likeness (QED) is 0.407. The van der Waals surface area contributed by atoms with Gasteiger partial charge in [0, 0.05) is 17.1 Å². The molecule has 0 aliphatic carbocycles. The average Bonchev–Trinajstić information content (AvgIpc) is 3.15. The van der Waals surface area contributed by atoms with Gasteiger partial charge in [-0.25, -0.2) is 19.7 Å². The summed E-state index contributed by atoms with van der Waals surface area (Å²) in [5.74, 6) is -0.817. The molecule has 2 aromatic heterocycles. The number of nitrogens with one attached hydrogen (secondary N) is 2. The van der Waals surface area contributed by atoms with Crippen molar-refractivity contribution < 1.29 is 22.8 Å². The molecule has 2 aromatic carbocycles. The van der Waals surface area contributed by atoms with Gasteiger partial charge in [0.15, 0.2) is 5.65 Å². The number of hydrogen-bond acceptors (Lipinski definition) is 5. The number of nitrogens with two attached hydrogens (primary N) is 1. The van der Waals surface area contributed by atoms with E-state index in [2.05, 4.69) is 25.6 Å². The van der Waals surface area contributed by atoms with Gasteiger partial charge in [0.25, 0.3) is 5.91 Å². The Labute approximate surface area is 188 Å². The monoisotopic (exact) mass is 475 g/mol. The zero-order chi connectivity index (χ0) is 23.8. The number of alkyl halides is 3. The van der Waals surface area contributed by atoms with E-state index in [1.165, 1.54) is 35.3 Å². The number of aromatic nitrogens is 4. The summed E-state index contributed by atoms with van der Waals surface area (Å²) in [5.41, 5.74) is 5.82. The molecule has 0 atom stereocenters. The van der Waals surface area contributed by atoms with Gasteiger partial charge < -0.3 is 16.4 Å². The van der Waals surface area contributed by atoms with E-state index in [9.17, 15) is 22.8 Å². The van der Waals surface area contributed by atoms with Crippen molar-refractivity contribution in [1.82, 2.24) is 19.5 Å². The third kappa shape index (κ3) is 4.55. The average molecular weight is 476 g/mol. The number of fused-ring (bicyclic) bond motifs is 1. The molecule has 0 saturated heterocycles. The Morgan fingerprint density at radius 2 is 1.70 bits per heavy atom. The SMILES string of the molecule is NC(=O)c1nc2cncnc2n1-c1ccc(NC(=O)Nc2ccc(Cl)c(C(F)(F)F)c2)cc1. The number of amides is 3. The molecule has 0 saturated carbocycles. The van der Waals surface area contributed by atoms with Gasteiger partial charge in [0.05, 0.1) is 16.8 Å². The smallest absolute Gasteiger partial charge is 0.363 e. The number of urea groups is 1. The molecular formula is C20H13ClF3N7O2. The number of carbonyl (C=O) groups is 2. The molecule has 0 radical (unpaired) electrons. The van der Waals surface area contributed by atoms with Crippen LogP contribution >= 0.6 is 11.6 Å². The highest BCUT2D eigenvalue weighted by molar-refractivity contribution is 6.31. The molecule has 2 heterocycles. The number of benzene rings is 2. The highest BCUT2D eigenvalue weighted by Crippen LogP contribution is 2.36. The molecule has 168 valence electrons. The van der Waals surface area contributed by atoms with Gasteiger partial charge >= 0.3 is 12.2 Å². The van der Waals surface area contributed by atoms with Gasteiger partial charge in [-0.15, -0.1) is 0 Å². The first-order valence-corrected chi connectivity index (χ1v) is 9.55. The van der Waals surface area contributed by atoms with Crippen molar-refractivity contribution >= 4 is 46.1 Å². The summed E-state index contributed by atoms with van der Waals surface area (Å²) < 4.78 is 40.4. The van der Waals surface area contributed by atoms with Crippen molar-refractivity contribution in [1.29, 1.82) is 0 Å². The van der Waals surface area contributed by atoms with E-state index < -0.39 is 28.7 Å². The van der Waals surface area contributed by atoms with Crippen LogP contribution in [0.3, 0.4) is 0 Å². The normalized spacial score (nSPS) is 11.4. The second-order valence-corrected chi connectivity index (χ2v) is 7.09. The first-order chi connectivity index (χ1) is 15.6. The van der Waals surface area contributed by atoms with Crippen LogP contribution < -0.4 is 16.4 Å². The fraction of sp³-hybridized carbons (Fsp3) is 0.0500. The van der Waals surface area contributed by atoms with E-state index in [1.54, 1.807) is 12.1 Å². The van der Waals surface area contributed by atoms with Crippen LogP contribution in [-0.4, -0.2) is 31.5 Å². The minimum Gasteiger partial charge on any atom is -0.363 e. The third-order valence-electron chi connectivity index (χ3n) is 4.46. The maximum atomic E-state index is 13.0. The lowest BCUT2D eigenvalue weighted by Crippen LogP contribution is -2.20. The molecule has 0 aliphatic heterocycles. The van der Waals surface area contributed by atoms with E-state index in [4.69, 9.17) is 17.3 Å². The molecule has 4 rings (SSSR count). The number of anilines is 2. The number of rotatable bonds is 4. The van der Waals surface area contributed by atoms with Gasteiger partial charge in [0.1, 0.15) is 11.8 Å². The van der Waals surface area contributed by atoms with E-state index in [1.807, 2.05) is 0 Å². The zero-order valence-corrected chi connectivity index (χ0v) is 17.1. The van der Waals surface area contributed by atoms with Crippen LogP contribution in [0.1, 0.15) is 16.2 Å². The van der Waals surface area contributed by atoms with E-state index >= 15 is 0 Å². The van der Waals surface area contributed by atoms with E-state index in [0.29, 0.717) is 22.5 Å². The van der Waals surface area contributed by atoms with Gasteiger partial charge in [-0.2, -0.15) is 13.2 Å². The number of imidazole rings is 1. The van der Waals surface area contributed by atoms with Gasteiger partial charge in [0.2, 0.25) is 5.82 Å². The van der Waals surface area contributed by atoms with Crippen LogP contribution in [0.4, 0.5) is 29.3 Å². The number of hydrogen-bond donors (Lipinski definition) is 3. The van der Waals surface area contributed by atoms with Gasteiger partial charge in [-0.05, 0) is 42.5 Å². The number of carbonyl (C=O) groups excluding carboxylic acids is 2. The fourth-order valence-corrected chi connectivity index (χ4v) is 3.27. The fourth-order valence-electron chi connectivity index (χ4n) is 3.05. The molecular weight excluding hydrogens is 463 g/mol. The third-order valence-corrected chi connectivity index (χ3v) is 4.79. The lowest BCUT2D eigenvalue weighted by Gasteiger charge is -2.13. The van der Waals surface area contributed by atoms with E-state index in [-0.39, 0.29) is 11.5 Å². The van der Waals surface area contributed by atoms with Crippen molar-refractivity contribution in [2.45, 2.75) is 6.18 Å². The van der Waals surface area contributed by atoms with Crippen LogP contribution in [-0.2, 0) is 6.18 Å². The van der Waals surface area contributed by atoms with Crippen molar-refractivity contribution in [3.63, 3.8) is 0 Å². The highest BCUT2D eigenvalue weighted by Gasteiger charge is 2.33. The molecule has 9 nitrogen and oxygen atoms in total. The molecule has 4 N–H and O–H groups in total. The topological polar surface area (TPSA) is 128 Å².